The largest absolute Gasteiger partial charge is 0.277 e. The smallest absolute Gasteiger partial charge is 0.165 e. The van der Waals surface area contributed by atoms with E-state index in [2.05, 4.69) is 55.6 Å². The van der Waals surface area contributed by atoms with Gasteiger partial charge in [0.05, 0.1) is 0 Å². The van der Waals surface area contributed by atoms with E-state index >= 15 is 0 Å². The first kappa shape index (κ1) is 29.1. The summed E-state index contributed by atoms with van der Waals surface area (Å²) >= 11 is 0. The molecule has 0 saturated carbocycles. The first-order valence-electron chi connectivity index (χ1n) is 13.0. The highest BCUT2D eigenvalue weighted by Crippen LogP contribution is 2.58. The Balaban J connectivity index is 6.06. The van der Waals surface area contributed by atoms with Gasteiger partial charge in [-0.2, -0.15) is 0 Å². The van der Waals surface area contributed by atoms with Crippen molar-refractivity contribution in [3.63, 3.8) is 0 Å². The molecule has 0 aliphatic heterocycles. The van der Waals surface area contributed by atoms with Crippen molar-refractivity contribution in [1.29, 1.82) is 5.16 Å². The Hall–Kier alpha value is 0.110. The van der Waals surface area contributed by atoms with Crippen molar-refractivity contribution in [3.8, 4) is 0 Å². The number of unbranched alkanes of at least 4 members (excludes halogenated alkanes) is 6. The van der Waals surface area contributed by atoms with Crippen LogP contribution in [0.1, 0.15) is 119 Å². The Kier molecular flexibility index (Phi) is 18.9. The second kappa shape index (κ2) is 18.8. The minimum atomic E-state index is -2.23. The molecule has 0 aliphatic rings. The van der Waals surface area contributed by atoms with Gasteiger partial charge in [-0.05, 0) is 38.5 Å². The van der Waals surface area contributed by atoms with Crippen molar-refractivity contribution < 1.29 is 0 Å². The third-order valence-electron chi connectivity index (χ3n) is 5.80. The van der Waals surface area contributed by atoms with Gasteiger partial charge < -0.3 is 0 Å². The van der Waals surface area contributed by atoms with E-state index in [0.717, 1.165) is 39.3 Å². The lowest BCUT2D eigenvalue weighted by Gasteiger charge is -2.49. The third-order valence-corrected chi connectivity index (χ3v) is 9.37. The average Bonchev–Trinajstić information content (AvgIpc) is 2.73. The van der Waals surface area contributed by atoms with Crippen LogP contribution in [0.4, 0.5) is 0 Å². The molecule has 0 aromatic rings. The SMILES string of the molecule is CCCCN(CCCC)P(=N)(N(CCCC)CCCC)N(CCCC)CCCC. The molecule has 0 aliphatic carbocycles. The van der Waals surface area contributed by atoms with E-state index in [1.807, 2.05) is 0 Å². The van der Waals surface area contributed by atoms with Crippen molar-refractivity contribution in [1.82, 2.24) is 14.0 Å². The molecule has 0 fully saturated rings. The molecule has 0 unspecified atom stereocenters. The first-order valence-corrected chi connectivity index (χ1v) is 14.6. The molecule has 0 rings (SSSR count). The van der Waals surface area contributed by atoms with Crippen LogP contribution in [0.2, 0.25) is 0 Å². The topological polar surface area (TPSA) is 33.6 Å². The van der Waals surface area contributed by atoms with Crippen LogP contribution in [0.3, 0.4) is 0 Å². The summed E-state index contributed by atoms with van der Waals surface area (Å²) in [6.45, 7) is 20.3. The Morgan fingerprint density at radius 1 is 0.414 bits per heavy atom. The van der Waals surface area contributed by atoms with Crippen LogP contribution in [0.5, 0.6) is 0 Å². The summed E-state index contributed by atoms with van der Waals surface area (Å²) in [7, 11) is -2.23. The number of nitrogens with one attached hydrogen (secondary N) is 1. The minimum Gasteiger partial charge on any atom is -0.277 e. The van der Waals surface area contributed by atoms with Gasteiger partial charge in [-0.1, -0.05) is 80.1 Å². The van der Waals surface area contributed by atoms with Crippen molar-refractivity contribution in [3.05, 3.63) is 0 Å². The van der Waals surface area contributed by atoms with E-state index in [0.29, 0.717) is 0 Å². The second-order valence-electron chi connectivity index (χ2n) is 8.55. The Bertz CT molecular complexity index is 321. The Labute approximate surface area is 184 Å². The van der Waals surface area contributed by atoms with E-state index in [4.69, 9.17) is 0 Å². The molecule has 29 heavy (non-hydrogen) atoms. The maximum Gasteiger partial charge on any atom is 0.165 e. The van der Waals surface area contributed by atoms with E-state index in [-0.39, 0.29) is 0 Å². The molecule has 0 atom stereocenters. The lowest BCUT2D eigenvalue weighted by molar-refractivity contribution is 0.288. The summed E-state index contributed by atoms with van der Waals surface area (Å²) < 4.78 is 7.95. The lowest BCUT2D eigenvalue weighted by Crippen LogP contribution is -2.43. The van der Waals surface area contributed by atoms with Crippen LogP contribution in [-0.2, 0) is 0 Å². The minimum absolute atomic E-state index is 1.09. The van der Waals surface area contributed by atoms with Gasteiger partial charge in [-0.3, -0.25) is 5.16 Å². The van der Waals surface area contributed by atoms with Crippen molar-refractivity contribution >= 4 is 7.51 Å². The fourth-order valence-electron chi connectivity index (χ4n) is 3.75. The number of hydrogen-bond donors (Lipinski definition) is 1. The number of rotatable bonds is 21. The fraction of sp³-hybridized carbons (Fsp3) is 1.00. The van der Waals surface area contributed by atoms with Gasteiger partial charge in [0.2, 0.25) is 0 Å². The predicted octanol–water partition coefficient (Wildman–Crippen LogP) is 8.22. The summed E-state index contributed by atoms with van der Waals surface area (Å²) in [5.74, 6) is 0. The summed E-state index contributed by atoms with van der Waals surface area (Å²) in [6.07, 6.45) is 14.6. The molecule has 0 aromatic carbocycles. The monoisotopic (exact) mass is 430 g/mol. The van der Waals surface area contributed by atoms with Crippen LogP contribution < -0.4 is 0 Å². The van der Waals surface area contributed by atoms with Crippen molar-refractivity contribution in [2.45, 2.75) is 119 Å². The number of hydrogen-bond acceptors (Lipinski definition) is 1. The van der Waals surface area contributed by atoms with E-state index in [1.165, 1.54) is 77.0 Å². The van der Waals surface area contributed by atoms with E-state index in [1.54, 1.807) is 0 Å². The zero-order valence-corrected chi connectivity index (χ0v) is 21.9. The highest BCUT2D eigenvalue weighted by atomic mass is 31.2. The molecule has 5 heteroatoms. The maximum absolute atomic E-state index is 10.2. The second-order valence-corrected chi connectivity index (χ2v) is 11.4. The van der Waals surface area contributed by atoms with Crippen LogP contribution in [0, 0.1) is 5.16 Å². The van der Waals surface area contributed by atoms with Gasteiger partial charge >= 0.3 is 0 Å². The van der Waals surface area contributed by atoms with Crippen LogP contribution in [-0.4, -0.2) is 53.3 Å². The van der Waals surface area contributed by atoms with Crippen LogP contribution in [0.15, 0.2) is 0 Å². The zero-order valence-electron chi connectivity index (χ0n) is 21.0. The molecule has 0 spiro atoms. The average molecular weight is 431 g/mol. The van der Waals surface area contributed by atoms with Gasteiger partial charge in [0, 0.05) is 39.3 Å². The molecule has 176 valence electrons. The predicted molar refractivity (Wildman–Crippen MR) is 134 cm³/mol. The van der Waals surface area contributed by atoms with Gasteiger partial charge in [0.1, 0.15) is 0 Å². The molecule has 0 radical (unpaired) electrons. The lowest BCUT2D eigenvalue weighted by atomic mass is 10.3. The molecule has 0 amide bonds. The molecule has 0 aromatic heterocycles. The van der Waals surface area contributed by atoms with Crippen molar-refractivity contribution in [2.75, 3.05) is 39.3 Å². The molecular formula is C24H55N4P. The summed E-state index contributed by atoms with van der Waals surface area (Å²) in [5, 5.41) is 10.2. The Morgan fingerprint density at radius 3 is 0.724 bits per heavy atom. The quantitative estimate of drug-likeness (QED) is 0.186. The van der Waals surface area contributed by atoms with Crippen molar-refractivity contribution in [2.24, 2.45) is 0 Å². The van der Waals surface area contributed by atoms with E-state index < -0.39 is 7.51 Å². The molecule has 0 bridgehead atoms. The Morgan fingerprint density at radius 2 is 0.586 bits per heavy atom. The fourth-order valence-corrected chi connectivity index (χ4v) is 7.35. The molecule has 0 saturated heterocycles. The van der Waals surface area contributed by atoms with Gasteiger partial charge in [0.15, 0.2) is 7.51 Å². The number of nitrogens with zero attached hydrogens (tertiary/aromatic N) is 3. The first-order chi connectivity index (χ1) is 14.1. The van der Waals surface area contributed by atoms with Gasteiger partial charge in [-0.25, -0.2) is 14.0 Å². The highest BCUT2D eigenvalue weighted by Gasteiger charge is 2.37. The normalized spacial score (nSPS) is 12.6. The molecule has 1 N–H and O–H groups in total. The molecular weight excluding hydrogens is 375 g/mol. The summed E-state index contributed by atoms with van der Waals surface area (Å²) in [6, 6.07) is 0. The standard InChI is InChI=1S/C24H55N4P/c1-7-13-19-26(20-14-8-2)29(25,27(21-15-9-3)22-16-10-4)28(23-17-11-5)24-18-12-6/h25H,7-24H2,1-6H3. The molecule has 0 heterocycles. The summed E-state index contributed by atoms with van der Waals surface area (Å²) in [5.41, 5.74) is 0. The maximum atomic E-state index is 10.2. The third kappa shape index (κ3) is 10.8. The van der Waals surface area contributed by atoms with Gasteiger partial charge in [-0.15, -0.1) is 0 Å². The summed E-state index contributed by atoms with van der Waals surface area (Å²) in [4.78, 5) is 0. The van der Waals surface area contributed by atoms with Crippen LogP contribution >= 0.6 is 7.51 Å². The van der Waals surface area contributed by atoms with Crippen LogP contribution in [0.25, 0.3) is 0 Å². The highest BCUT2D eigenvalue weighted by molar-refractivity contribution is 7.57. The zero-order chi connectivity index (χ0) is 22.0. The van der Waals surface area contributed by atoms with Gasteiger partial charge in [0.25, 0.3) is 0 Å². The van der Waals surface area contributed by atoms with E-state index in [9.17, 15) is 5.16 Å². The molecule has 4 nitrogen and oxygen atoms in total.